The van der Waals surface area contributed by atoms with Crippen LogP contribution < -0.4 is 10.6 Å². The second-order valence-electron chi connectivity index (χ2n) is 7.02. The van der Waals surface area contributed by atoms with Gasteiger partial charge in [0.1, 0.15) is 0 Å². The topological polar surface area (TPSA) is 88.2 Å². The van der Waals surface area contributed by atoms with Crippen LogP contribution in [0.2, 0.25) is 0 Å². The summed E-state index contributed by atoms with van der Waals surface area (Å²) in [4.78, 5) is 17.6. The third-order valence-corrected chi connectivity index (χ3v) is 7.53. The molecular weight excluding hydrogens is 350 g/mol. The van der Waals surface area contributed by atoms with Crippen molar-refractivity contribution in [2.75, 3.05) is 25.4 Å². The number of benzene rings is 1. The van der Waals surface area contributed by atoms with Crippen molar-refractivity contribution in [1.82, 2.24) is 15.6 Å². The van der Waals surface area contributed by atoms with E-state index in [-0.39, 0.29) is 11.7 Å². The van der Waals surface area contributed by atoms with Crippen molar-refractivity contribution in [2.24, 2.45) is 0 Å². The van der Waals surface area contributed by atoms with Crippen LogP contribution in [0, 0.1) is 0 Å². The number of aromatic nitrogens is 1. The van der Waals surface area contributed by atoms with Gasteiger partial charge in [-0.05, 0) is 37.3 Å². The molecule has 1 aliphatic heterocycles. The first-order chi connectivity index (χ1) is 12.6. The smallest absolute Gasteiger partial charge is 0.252 e. The Morgan fingerprint density at radius 1 is 1.27 bits per heavy atom. The highest BCUT2D eigenvalue weighted by Crippen LogP contribution is 2.29. The lowest BCUT2D eigenvalue weighted by Gasteiger charge is -2.23. The molecule has 2 aromatic rings. The van der Waals surface area contributed by atoms with E-state index in [0.29, 0.717) is 31.6 Å². The zero-order chi connectivity index (χ0) is 18.1. The number of pyridine rings is 1. The van der Waals surface area contributed by atoms with Crippen LogP contribution >= 0.6 is 0 Å². The van der Waals surface area contributed by atoms with Crippen LogP contribution in [-0.4, -0.2) is 49.9 Å². The molecular formula is C19H23N3O3S. The first kappa shape index (κ1) is 17.4. The molecule has 1 fully saturated rings. The molecule has 1 unspecified atom stereocenters. The van der Waals surface area contributed by atoms with Crippen LogP contribution in [0.1, 0.15) is 34.5 Å². The minimum absolute atomic E-state index is 0.122. The molecule has 1 aliphatic carbocycles. The van der Waals surface area contributed by atoms with Crippen molar-refractivity contribution in [3.05, 3.63) is 41.1 Å². The Kier molecular flexibility index (Phi) is 4.67. The minimum atomic E-state index is -3.05. The van der Waals surface area contributed by atoms with Gasteiger partial charge in [0, 0.05) is 30.7 Å². The normalized spacial score (nSPS) is 21.5. The number of carbonyl (C=O) groups excluding carboxylic acids is 1. The maximum Gasteiger partial charge on any atom is 0.252 e. The van der Waals surface area contributed by atoms with Gasteiger partial charge in [0.25, 0.3) is 5.91 Å². The number of nitrogens with zero attached hydrogens (tertiary/aromatic N) is 1. The van der Waals surface area contributed by atoms with Gasteiger partial charge in [-0.2, -0.15) is 0 Å². The summed E-state index contributed by atoms with van der Waals surface area (Å²) < 4.78 is 24.2. The Morgan fingerprint density at radius 3 is 2.96 bits per heavy atom. The minimum Gasteiger partial charge on any atom is -0.352 e. The highest BCUT2D eigenvalue weighted by Gasteiger charge is 2.29. The summed E-state index contributed by atoms with van der Waals surface area (Å²) in [6.07, 6.45) is 3.24. The molecule has 0 saturated carbocycles. The molecule has 2 heterocycles. The lowest BCUT2D eigenvalue weighted by molar-refractivity contribution is 0.0953. The number of carbonyl (C=O) groups is 1. The van der Waals surface area contributed by atoms with Crippen LogP contribution in [0.15, 0.2) is 24.3 Å². The molecule has 0 bridgehead atoms. The molecule has 7 heteroatoms. The number of hydrogen-bond acceptors (Lipinski definition) is 5. The molecule has 4 rings (SSSR count). The van der Waals surface area contributed by atoms with E-state index in [0.717, 1.165) is 41.4 Å². The van der Waals surface area contributed by atoms with Crippen LogP contribution in [0.4, 0.5) is 0 Å². The SMILES string of the molecule is O=C(NCCC1CNCCS1(=O)=O)c1c2c(nc3ccccc13)CCC2. The van der Waals surface area contributed by atoms with Gasteiger partial charge in [-0.1, -0.05) is 18.2 Å². The van der Waals surface area contributed by atoms with Gasteiger partial charge in [0.2, 0.25) is 0 Å². The Balaban J connectivity index is 1.54. The van der Waals surface area contributed by atoms with Crippen molar-refractivity contribution in [1.29, 1.82) is 0 Å². The van der Waals surface area contributed by atoms with Crippen LogP contribution in [0.3, 0.4) is 0 Å². The van der Waals surface area contributed by atoms with Crippen LogP contribution in [-0.2, 0) is 22.7 Å². The predicted molar refractivity (Wildman–Crippen MR) is 101 cm³/mol. The van der Waals surface area contributed by atoms with E-state index >= 15 is 0 Å². The zero-order valence-electron chi connectivity index (χ0n) is 14.6. The average molecular weight is 373 g/mol. The van der Waals surface area contributed by atoms with E-state index in [1.165, 1.54) is 0 Å². The molecule has 2 N–H and O–H groups in total. The summed E-state index contributed by atoms with van der Waals surface area (Å²) in [5, 5.41) is 6.52. The Hall–Kier alpha value is -1.99. The van der Waals surface area contributed by atoms with Crippen molar-refractivity contribution in [3.63, 3.8) is 0 Å². The molecule has 1 aromatic carbocycles. The maximum absolute atomic E-state index is 12.9. The summed E-state index contributed by atoms with van der Waals surface area (Å²) in [6.45, 7) is 1.34. The Morgan fingerprint density at radius 2 is 2.12 bits per heavy atom. The molecule has 1 aromatic heterocycles. The summed E-state index contributed by atoms with van der Waals surface area (Å²) in [6, 6.07) is 7.72. The molecule has 2 aliphatic rings. The molecule has 6 nitrogen and oxygen atoms in total. The van der Waals surface area contributed by atoms with Gasteiger partial charge >= 0.3 is 0 Å². The Bertz CT molecular complexity index is 956. The monoisotopic (exact) mass is 373 g/mol. The fourth-order valence-corrected chi connectivity index (χ4v) is 5.57. The zero-order valence-corrected chi connectivity index (χ0v) is 15.4. The second kappa shape index (κ2) is 6.96. The van der Waals surface area contributed by atoms with E-state index < -0.39 is 15.1 Å². The number of para-hydroxylation sites is 1. The molecule has 138 valence electrons. The first-order valence-electron chi connectivity index (χ1n) is 9.17. The summed E-state index contributed by atoms with van der Waals surface area (Å²) in [7, 11) is -3.05. The molecule has 0 radical (unpaired) electrons. The standard InChI is InChI=1S/C19H23N3O3S/c23-19(21-9-8-13-12-20-10-11-26(13,24)25)18-14-4-1-2-6-16(14)22-17-7-3-5-15(17)18/h1-2,4,6,13,20H,3,5,7-12H2,(H,21,23). The van der Waals surface area contributed by atoms with Crippen molar-refractivity contribution in [3.8, 4) is 0 Å². The van der Waals surface area contributed by atoms with Crippen molar-refractivity contribution >= 4 is 26.6 Å². The highest BCUT2D eigenvalue weighted by molar-refractivity contribution is 7.92. The molecule has 26 heavy (non-hydrogen) atoms. The number of fused-ring (bicyclic) bond motifs is 2. The number of sulfone groups is 1. The molecule has 1 amide bonds. The van der Waals surface area contributed by atoms with E-state index in [1.54, 1.807) is 0 Å². The van der Waals surface area contributed by atoms with E-state index in [2.05, 4.69) is 10.6 Å². The maximum atomic E-state index is 12.9. The summed E-state index contributed by atoms with van der Waals surface area (Å²) >= 11 is 0. The van der Waals surface area contributed by atoms with E-state index in [4.69, 9.17) is 4.98 Å². The number of rotatable bonds is 4. The summed E-state index contributed by atoms with van der Waals surface area (Å²) in [5.74, 6) is 0.0524. The molecule has 1 atom stereocenters. The lowest BCUT2D eigenvalue weighted by Crippen LogP contribution is -2.45. The van der Waals surface area contributed by atoms with Crippen LogP contribution in [0.25, 0.3) is 10.9 Å². The van der Waals surface area contributed by atoms with E-state index in [1.807, 2.05) is 24.3 Å². The number of hydrogen-bond donors (Lipinski definition) is 2. The van der Waals surface area contributed by atoms with Crippen molar-refractivity contribution in [2.45, 2.75) is 30.9 Å². The quantitative estimate of drug-likeness (QED) is 0.842. The second-order valence-corrected chi connectivity index (χ2v) is 9.42. The first-order valence-corrected chi connectivity index (χ1v) is 10.9. The summed E-state index contributed by atoms with van der Waals surface area (Å²) in [5.41, 5.74) is 3.63. The van der Waals surface area contributed by atoms with Gasteiger partial charge in [-0.15, -0.1) is 0 Å². The Labute approximate surface area is 153 Å². The molecule has 1 saturated heterocycles. The average Bonchev–Trinajstić information content (AvgIpc) is 3.08. The van der Waals surface area contributed by atoms with Gasteiger partial charge in [-0.3, -0.25) is 9.78 Å². The number of aryl methyl sites for hydroxylation is 1. The number of nitrogens with one attached hydrogen (secondary N) is 2. The van der Waals surface area contributed by atoms with Gasteiger partial charge in [0.05, 0.1) is 22.1 Å². The predicted octanol–water partition coefficient (Wildman–Crippen LogP) is 1.23. The van der Waals surface area contributed by atoms with Gasteiger partial charge < -0.3 is 10.6 Å². The fourth-order valence-electron chi connectivity index (χ4n) is 3.96. The third kappa shape index (κ3) is 3.21. The van der Waals surface area contributed by atoms with Gasteiger partial charge in [-0.25, -0.2) is 8.42 Å². The largest absolute Gasteiger partial charge is 0.352 e. The lowest BCUT2D eigenvalue weighted by atomic mass is 10.0. The van der Waals surface area contributed by atoms with Gasteiger partial charge in [0.15, 0.2) is 9.84 Å². The fraction of sp³-hybridized carbons (Fsp3) is 0.474. The number of amides is 1. The van der Waals surface area contributed by atoms with Crippen molar-refractivity contribution < 1.29 is 13.2 Å². The molecule has 0 spiro atoms. The third-order valence-electron chi connectivity index (χ3n) is 5.34. The van der Waals surface area contributed by atoms with E-state index in [9.17, 15) is 13.2 Å². The highest BCUT2D eigenvalue weighted by atomic mass is 32.2. The van der Waals surface area contributed by atoms with Crippen LogP contribution in [0.5, 0.6) is 0 Å².